The average Bonchev–Trinajstić information content (AvgIpc) is 2.75. The Balaban J connectivity index is 1.48. The lowest BCUT2D eigenvalue weighted by atomic mass is 9.96. The molecule has 1 saturated heterocycles. The molecule has 2 N–H and O–H groups in total. The zero-order valence-corrected chi connectivity index (χ0v) is 16.7. The lowest BCUT2D eigenvalue weighted by Crippen LogP contribution is -2.42. The second-order valence-corrected chi connectivity index (χ2v) is 7.35. The van der Waals surface area contributed by atoms with E-state index >= 15 is 0 Å². The third-order valence-electron chi connectivity index (χ3n) is 5.30. The van der Waals surface area contributed by atoms with E-state index in [0.29, 0.717) is 23.6 Å². The van der Waals surface area contributed by atoms with Gasteiger partial charge in [0.25, 0.3) is 0 Å². The van der Waals surface area contributed by atoms with E-state index in [1.807, 2.05) is 32.0 Å². The van der Waals surface area contributed by atoms with Gasteiger partial charge in [0, 0.05) is 31.5 Å². The summed E-state index contributed by atoms with van der Waals surface area (Å²) in [6.45, 7) is 5.78. The van der Waals surface area contributed by atoms with Crippen molar-refractivity contribution < 1.29 is 9.59 Å². The van der Waals surface area contributed by atoms with Gasteiger partial charge < -0.3 is 15.5 Å². The Morgan fingerprint density at radius 3 is 2.48 bits per heavy atom. The number of carbonyl (C=O) groups is 2. The van der Waals surface area contributed by atoms with Crippen LogP contribution in [0.25, 0.3) is 0 Å². The monoisotopic (exact) mass is 391 g/mol. The van der Waals surface area contributed by atoms with E-state index < -0.39 is 11.8 Å². The second-order valence-electron chi connectivity index (χ2n) is 7.35. The van der Waals surface area contributed by atoms with Crippen molar-refractivity contribution in [2.75, 3.05) is 29.9 Å². The molecule has 0 spiro atoms. The maximum atomic E-state index is 12.2. The van der Waals surface area contributed by atoms with Crippen molar-refractivity contribution in [3.05, 3.63) is 53.2 Å². The van der Waals surface area contributed by atoms with Crippen LogP contribution in [0.2, 0.25) is 0 Å². The van der Waals surface area contributed by atoms with E-state index in [2.05, 4.69) is 26.6 Å². The predicted molar refractivity (Wildman–Crippen MR) is 111 cm³/mol. The van der Waals surface area contributed by atoms with Crippen LogP contribution in [0.4, 0.5) is 11.5 Å². The van der Waals surface area contributed by atoms with Crippen LogP contribution in [-0.4, -0.2) is 36.4 Å². The normalized spacial score (nSPS) is 14.2. The Bertz CT molecular complexity index is 922. The fourth-order valence-corrected chi connectivity index (χ4v) is 3.58. The molecule has 0 bridgehead atoms. The standard InChI is InChI=1S/C22H25N5O2/c1-15-5-3-6-16(2)19(15)26-22(29)21(28)25-14-17-8-11-27(12-9-17)20-18(13-23)7-4-10-24-20/h3-7,10,17H,8-9,11-12,14H2,1-2H3,(H,25,28)(H,26,29). The minimum Gasteiger partial charge on any atom is -0.356 e. The van der Waals surface area contributed by atoms with Crippen molar-refractivity contribution in [3.63, 3.8) is 0 Å². The maximum Gasteiger partial charge on any atom is 0.313 e. The zero-order valence-electron chi connectivity index (χ0n) is 16.7. The number of piperidine rings is 1. The van der Waals surface area contributed by atoms with Crippen LogP contribution < -0.4 is 15.5 Å². The molecule has 7 heteroatoms. The van der Waals surface area contributed by atoms with Crippen molar-refractivity contribution in [2.45, 2.75) is 26.7 Å². The Hall–Kier alpha value is -3.40. The summed E-state index contributed by atoms with van der Waals surface area (Å²) >= 11 is 0. The van der Waals surface area contributed by atoms with Gasteiger partial charge in [-0.25, -0.2) is 4.98 Å². The molecule has 2 aromatic rings. The summed E-state index contributed by atoms with van der Waals surface area (Å²) in [5.41, 5.74) is 3.10. The van der Waals surface area contributed by atoms with Gasteiger partial charge in [0.2, 0.25) is 0 Å². The Labute approximate surface area is 170 Å². The van der Waals surface area contributed by atoms with Gasteiger partial charge in [-0.15, -0.1) is 0 Å². The highest BCUT2D eigenvalue weighted by Crippen LogP contribution is 2.24. The summed E-state index contributed by atoms with van der Waals surface area (Å²) in [5, 5.41) is 14.7. The number of nitrogens with one attached hydrogen (secondary N) is 2. The van der Waals surface area contributed by atoms with Crippen molar-refractivity contribution in [3.8, 4) is 6.07 Å². The number of hydrogen-bond acceptors (Lipinski definition) is 5. The molecule has 3 rings (SSSR count). The number of nitrogens with zero attached hydrogens (tertiary/aromatic N) is 3. The number of amides is 2. The summed E-state index contributed by atoms with van der Waals surface area (Å²) in [6, 6.07) is 11.4. The van der Waals surface area contributed by atoms with Gasteiger partial charge in [-0.05, 0) is 55.9 Å². The number of carbonyl (C=O) groups excluding carboxylic acids is 2. The molecule has 1 aliphatic heterocycles. The number of pyridine rings is 1. The van der Waals surface area contributed by atoms with Crippen LogP contribution in [0.5, 0.6) is 0 Å². The molecule has 0 radical (unpaired) electrons. The van der Waals surface area contributed by atoms with Crippen LogP contribution in [0, 0.1) is 31.1 Å². The van der Waals surface area contributed by atoms with Crippen LogP contribution in [0.15, 0.2) is 36.5 Å². The highest BCUT2D eigenvalue weighted by atomic mass is 16.2. The van der Waals surface area contributed by atoms with Gasteiger partial charge >= 0.3 is 11.8 Å². The quantitative estimate of drug-likeness (QED) is 0.781. The lowest BCUT2D eigenvalue weighted by molar-refractivity contribution is -0.136. The van der Waals surface area contributed by atoms with Gasteiger partial charge in [-0.2, -0.15) is 5.26 Å². The van der Waals surface area contributed by atoms with E-state index in [4.69, 9.17) is 0 Å². The van der Waals surface area contributed by atoms with Crippen molar-refractivity contribution in [1.82, 2.24) is 10.3 Å². The molecule has 2 amide bonds. The molecule has 1 aliphatic rings. The van der Waals surface area contributed by atoms with Gasteiger partial charge in [0.05, 0.1) is 5.56 Å². The largest absolute Gasteiger partial charge is 0.356 e. The molecular formula is C22H25N5O2. The number of hydrogen-bond donors (Lipinski definition) is 2. The fraction of sp³-hybridized carbons (Fsp3) is 0.364. The first-order valence-corrected chi connectivity index (χ1v) is 9.75. The summed E-state index contributed by atoms with van der Waals surface area (Å²) < 4.78 is 0. The minimum atomic E-state index is -0.646. The molecule has 1 aromatic carbocycles. The summed E-state index contributed by atoms with van der Waals surface area (Å²) in [4.78, 5) is 30.9. The van der Waals surface area contributed by atoms with E-state index in [1.54, 1.807) is 18.3 Å². The van der Waals surface area contributed by atoms with E-state index in [-0.39, 0.29) is 5.92 Å². The second kappa shape index (κ2) is 9.20. The van der Waals surface area contributed by atoms with Gasteiger partial charge in [-0.3, -0.25) is 9.59 Å². The number of aryl methyl sites for hydroxylation is 2. The smallest absolute Gasteiger partial charge is 0.313 e. The molecule has 2 heterocycles. The summed E-state index contributed by atoms with van der Waals surface area (Å²) in [6.07, 6.45) is 3.41. The van der Waals surface area contributed by atoms with Gasteiger partial charge in [0.1, 0.15) is 11.9 Å². The summed E-state index contributed by atoms with van der Waals surface area (Å²) in [7, 11) is 0. The number of anilines is 2. The average molecular weight is 391 g/mol. The maximum absolute atomic E-state index is 12.2. The Morgan fingerprint density at radius 1 is 1.14 bits per heavy atom. The number of aromatic nitrogens is 1. The van der Waals surface area contributed by atoms with Crippen LogP contribution in [0.3, 0.4) is 0 Å². The molecule has 0 atom stereocenters. The number of nitriles is 1. The molecule has 7 nitrogen and oxygen atoms in total. The lowest BCUT2D eigenvalue weighted by Gasteiger charge is -2.33. The molecule has 150 valence electrons. The topological polar surface area (TPSA) is 98.1 Å². The van der Waals surface area contributed by atoms with Crippen molar-refractivity contribution in [1.29, 1.82) is 5.26 Å². The van der Waals surface area contributed by atoms with Crippen LogP contribution >= 0.6 is 0 Å². The van der Waals surface area contributed by atoms with E-state index in [0.717, 1.165) is 37.1 Å². The number of benzene rings is 1. The Kier molecular flexibility index (Phi) is 6.45. The fourth-order valence-electron chi connectivity index (χ4n) is 3.58. The van der Waals surface area contributed by atoms with Gasteiger partial charge in [0.15, 0.2) is 0 Å². The first-order chi connectivity index (χ1) is 14.0. The number of rotatable bonds is 4. The number of para-hydroxylation sites is 1. The van der Waals surface area contributed by atoms with Crippen LogP contribution in [0.1, 0.15) is 29.5 Å². The highest BCUT2D eigenvalue weighted by molar-refractivity contribution is 6.39. The van der Waals surface area contributed by atoms with Crippen molar-refractivity contribution in [2.24, 2.45) is 5.92 Å². The zero-order chi connectivity index (χ0) is 20.8. The molecule has 1 fully saturated rings. The molecule has 0 saturated carbocycles. The molecular weight excluding hydrogens is 366 g/mol. The van der Waals surface area contributed by atoms with E-state index in [1.165, 1.54) is 0 Å². The Morgan fingerprint density at radius 2 is 1.83 bits per heavy atom. The SMILES string of the molecule is Cc1cccc(C)c1NC(=O)C(=O)NCC1CCN(c2ncccc2C#N)CC1. The minimum absolute atomic E-state index is 0.289. The molecule has 0 unspecified atom stereocenters. The summed E-state index contributed by atoms with van der Waals surface area (Å²) in [5.74, 6) is -0.263. The highest BCUT2D eigenvalue weighted by Gasteiger charge is 2.23. The first-order valence-electron chi connectivity index (χ1n) is 9.75. The molecule has 0 aliphatic carbocycles. The van der Waals surface area contributed by atoms with Gasteiger partial charge in [-0.1, -0.05) is 18.2 Å². The predicted octanol–water partition coefficient (Wildman–Crippen LogP) is 2.54. The van der Waals surface area contributed by atoms with Crippen molar-refractivity contribution >= 4 is 23.3 Å². The first kappa shape index (κ1) is 20.3. The third kappa shape index (κ3) is 4.91. The van der Waals surface area contributed by atoms with E-state index in [9.17, 15) is 14.9 Å². The van der Waals surface area contributed by atoms with Crippen LogP contribution in [-0.2, 0) is 9.59 Å². The molecule has 29 heavy (non-hydrogen) atoms. The third-order valence-corrected chi connectivity index (χ3v) is 5.30. The molecule has 1 aromatic heterocycles.